The van der Waals surface area contributed by atoms with Crippen LogP contribution in [0.4, 0.5) is 10.5 Å². The molecule has 8 heteroatoms. The Labute approximate surface area is 175 Å². The smallest absolute Gasteiger partial charge is 0.333 e. The van der Waals surface area contributed by atoms with E-state index < -0.39 is 16.2 Å². The fraction of sp³-hybridized carbons (Fsp3) is 0.318. The van der Waals surface area contributed by atoms with E-state index in [0.29, 0.717) is 0 Å². The van der Waals surface area contributed by atoms with Crippen molar-refractivity contribution in [2.24, 2.45) is 0 Å². The summed E-state index contributed by atoms with van der Waals surface area (Å²) in [6.45, 7) is 0.0629. The molecule has 1 aromatic heterocycles. The standard InChI is InChI=1S/C22H24N4O3S/c27-22(25-21-18-8-3-6-14(18)11-15-7-4-9-19(15)21)26-30(28,29)23-13-17-12-16-5-1-2-10-20(16)24-17/h1-2,5,10-12,23-24H,3-4,6-9,13H2,(H2,25,26,27). The quantitative estimate of drug-likeness (QED) is 0.505. The van der Waals surface area contributed by atoms with Crippen molar-refractivity contribution in [3.8, 4) is 0 Å². The SMILES string of the molecule is O=C(Nc1c2c(cc3c1CCC3)CCC2)NS(=O)(=O)NCc1cc2ccccc2[nH]1. The lowest BCUT2D eigenvalue weighted by molar-refractivity contribution is 0.256. The van der Waals surface area contributed by atoms with Gasteiger partial charge in [0.2, 0.25) is 0 Å². The van der Waals surface area contributed by atoms with Gasteiger partial charge in [-0.2, -0.15) is 13.1 Å². The molecular weight excluding hydrogens is 400 g/mol. The summed E-state index contributed by atoms with van der Waals surface area (Å²) in [6, 6.07) is 11.1. The number of carbonyl (C=O) groups is 1. The Morgan fingerprint density at radius 1 is 0.967 bits per heavy atom. The topological polar surface area (TPSA) is 103 Å². The number of urea groups is 1. The van der Waals surface area contributed by atoms with E-state index in [1.54, 1.807) is 0 Å². The third-order valence-electron chi connectivity index (χ3n) is 5.98. The number of amides is 2. The number of nitrogens with one attached hydrogen (secondary N) is 4. The van der Waals surface area contributed by atoms with E-state index in [1.165, 1.54) is 11.1 Å². The normalized spacial score (nSPS) is 15.2. The van der Waals surface area contributed by atoms with E-state index in [1.807, 2.05) is 30.3 Å². The number of H-pyrrole nitrogens is 1. The first-order chi connectivity index (χ1) is 14.5. The summed E-state index contributed by atoms with van der Waals surface area (Å²) < 4.78 is 29.3. The first-order valence-electron chi connectivity index (χ1n) is 10.3. The van der Waals surface area contributed by atoms with Crippen molar-refractivity contribution in [1.82, 2.24) is 14.4 Å². The van der Waals surface area contributed by atoms with Gasteiger partial charge in [-0.05, 0) is 78.3 Å². The molecule has 0 radical (unpaired) electrons. The van der Waals surface area contributed by atoms with Crippen LogP contribution in [0.5, 0.6) is 0 Å². The van der Waals surface area contributed by atoms with Crippen LogP contribution in [0, 0.1) is 0 Å². The Morgan fingerprint density at radius 3 is 2.37 bits per heavy atom. The lowest BCUT2D eigenvalue weighted by Gasteiger charge is -2.16. The molecule has 2 aliphatic carbocycles. The minimum Gasteiger partial charge on any atom is -0.357 e. The van der Waals surface area contributed by atoms with Crippen molar-refractivity contribution in [1.29, 1.82) is 0 Å². The lowest BCUT2D eigenvalue weighted by atomic mass is 9.99. The number of fused-ring (bicyclic) bond motifs is 3. The second-order valence-corrected chi connectivity index (χ2v) is 9.50. The predicted octanol–water partition coefficient (Wildman–Crippen LogP) is 3.30. The molecule has 30 heavy (non-hydrogen) atoms. The Bertz CT molecular complexity index is 1180. The van der Waals surface area contributed by atoms with Gasteiger partial charge < -0.3 is 10.3 Å². The van der Waals surface area contributed by atoms with E-state index >= 15 is 0 Å². The predicted molar refractivity (Wildman–Crippen MR) is 117 cm³/mol. The molecule has 0 saturated heterocycles. The molecule has 3 aromatic rings. The molecule has 0 bridgehead atoms. The van der Waals surface area contributed by atoms with Crippen molar-refractivity contribution < 1.29 is 13.2 Å². The average molecular weight is 425 g/mol. The van der Waals surface area contributed by atoms with Crippen LogP contribution in [0.3, 0.4) is 0 Å². The third kappa shape index (κ3) is 3.68. The molecule has 1 heterocycles. The van der Waals surface area contributed by atoms with Crippen molar-refractivity contribution >= 4 is 32.8 Å². The maximum Gasteiger partial charge on any atom is 0.333 e. The molecule has 0 fully saturated rings. The van der Waals surface area contributed by atoms with Crippen LogP contribution in [0.1, 0.15) is 40.8 Å². The molecule has 0 saturated carbocycles. The van der Waals surface area contributed by atoms with Crippen LogP contribution < -0.4 is 14.8 Å². The van der Waals surface area contributed by atoms with Gasteiger partial charge in [0.05, 0.1) is 6.54 Å². The summed E-state index contributed by atoms with van der Waals surface area (Å²) >= 11 is 0. The first kappa shape index (κ1) is 19.1. The fourth-order valence-electron chi connectivity index (χ4n) is 4.67. The highest BCUT2D eigenvalue weighted by molar-refractivity contribution is 7.88. The molecule has 2 amide bonds. The number of aromatic nitrogens is 1. The fourth-order valence-corrected chi connectivity index (χ4v) is 5.38. The Kier molecular flexibility index (Phi) is 4.75. The lowest BCUT2D eigenvalue weighted by Crippen LogP contribution is -2.42. The summed E-state index contributed by atoms with van der Waals surface area (Å²) in [6.07, 6.45) is 6.01. The van der Waals surface area contributed by atoms with Crippen molar-refractivity contribution in [3.05, 3.63) is 64.3 Å². The van der Waals surface area contributed by atoms with Gasteiger partial charge in [0, 0.05) is 16.9 Å². The second-order valence-electron chi connectivity index (χ2n) is 8.00. The Morgan fingerprint density at radius 2 is 1.67 bits per heavy atom. The summed E-state index contributed by atoms with van der Waals surface area (Å²) in [5, 5.41) is 3.85. The van der Waals surface area contributed by atoms with E-state index in [9.17, 15) is 13.2 Å². The molecular formula is C22H24N4O3S. The van der Waals surface area contributed by atoms with Gasteiger partial charge in [0.25, 0.3) is 0 Å². The molecule has 0 unspecified atom stereocenters. The summed E-state index contributed by atoms with van der Waals surface area (Å²) in [4.78, 5) is 15.7. The third-order valence-corrected chi connectivity index (χ3v) is 6.96. The number of hydrogen-bond donors (Lipinski definition) is 4. The summed E-state index contributed by atoms with van der Waals surface area (Å²) in [5.74, 6) is 0. The highest BCUT2D eigenvalue weighted by atomic mass is 32.2. The molecule has 0 aliphatic heterocycles. The number of carbonyl (C=O) groups excluding carboxylic acids is 1. The van der Waals surface area contributed by atoms with Crippen molar-refractivity contribution in [3.63, 3.8) is 0 Å². The Hall–Kier alpha value is -2.84. The second kappa shape index (κ2) is 7.45. The Balaban J connectivity index is 1.27. The van der Waals surface area contributed by atoms with Crippen LogP contribution in [-0.2, 0) is 42.4 Å². The van der Waals surface area contributed by atoms with Crippen LogP contribution >= 0.6 is 0 Å². The largest absolute Gasteiger partial charge is 0.357 e. The number of rotatable bonds is 5. The minimum atomic E-state index is -4.00. The first-order valence-corrected chi connectivity index (χ1v) is 11.8. The van der Waals surface area contributed by atoms with Crippen LogP contribution in [0.15, 0.2) is 36.4 Å². The molecule has 0 atom stereocenters. The van der Waals surface area contributed by atoms with Crippen LogP contribution in [-0.4, -0.2) is 19.4 Å². The zero-order chi connectivity index (χ0) is 20.7. The van der Waals surface area contributed by atoms with Gasteiger partial charge >= 0.3 is 16.2 Å². The average Bonchev–Trinajstić information content (AvgIpc) is 3.44. The zero-order valence-electron chi connectivity index (χ0n) is 16.5. The van der Waals surface area contributed by atoms with Gasteiger partial charge in [0.15, 0.2) is 0 Å². The van der Waals surface area contributed by atoms with Gasteiger partial charge in [-0.25, -0.2) is 9.52 Å². The van der Waals surface area contributed by atoms with Crippen molar-refractivity contribution in [2.45, 2.75) is 45.1 Å². The molecule has 7 nitrogen and oxygen atoms in total. The summed E-state index contributed by atoms with van der Waals surface area (Å²) in [7, 11) is -4.00. The zero-order valence-corrected chi connectivity index (χ0v) is 17.4. The van der Waals surface area contributed by atoms with E-state index in [2.05, 4.69) is 25.8 Å². The number of aromatic amines is 1. The van der Waals surface area contributed by atoms with Crippen LogP contribution in [0.2, 0.25) is 0 Å². The minimum absolute atomic E-state index is 0.0629. The number of aryl methyl sites for hydroxylation is 2. The molecule has 2 aromatic carbocycles. The molecule has 0 spiro atoms. The molecule has 4 N–H and O–H groups in total. The highest BCUT2D eigenvalue weighted by Gasteiger charge is 2.25. The molecule has 156 valence electrons. The number of hydrogen-bond acceptors (Lipinski definition) is 3. The molecule has 5 rings (SSSR count). The van der Waals surface area contributed by atoms with Gasteiger partial charge in [0.1, 0.15) is 0 Å². The summed E-state index contributed by atoms with van der Waals surface area (Å²) in [5.41, 5.74) is 7.37. The van der Waals surface area contributed by atoms with E-state index in [0.717, 1.165) is 71.9 Å². The monoisotopic (exact) mass is 424 g/mol. The number of para-hydroxylation sites is 1. The maximum absolute atomic E-state index is 12.5. The van der Waals surface area contributed by atoms with Crippen LogP contribution in [0.25, 0.3) is 10.9 Å². The molecule has 2 aliphatic rings. The van der Waals surface area contributed by atoms with Gasteiger partial charge in [-0.15, -0.1) is 0 Å². The van der Waals surface area contributed by atoms with E-state index in [-0.39, 0.29) is 6.54 Å². The highest BCUT2D eigenvalue weighted by Crippen LogP contribution is 2.38. The van der Waals surface area contributed by atoms with Crippen molar-refractivity contribution in [2.75, 3.05) is 5.32 Å². The number of anilines is 1. The van der Waals surface area contributed by atoms with Gasteiger partial charge in [-0.3, -0.25) is 0 Å². The number of benzene rings is 2. The van der Waals surface area contributed by atoms with E-state index in [4.69, 9.17) is 0 Å². The maximum atomic E-state index is 12.5. The van der Waals surface area contributed by atoms with Gasteiger partial charge in [-0.1, -0.05) is 24.3 Å².